The van der Waals surface area contributed by atoms with Crippen LogP contribution in [0.5, 0.6) is 0 Å². The van der Waals surface area contributed by atoms with Crippen LogP contribution >= 0.6 is 24.0 Å². The molecule has 0 aliphatic carbocycles. The van der Waals surface area contributed by atoms with E-state index in [1.807, 2.05) is 25.1 Å². The predicted molar refractivity (Wildman–Crippen MR) is 83.6 cm³/mol. The molecule has 0 bridgehead atoms. The Morgan fingerprint density at radius 3 is 2.50 bits per heavy atom. The number of rotatable bonds is 5. The van der Waals surface area contributed by atoms with Crippen LogP contribution in [-0.2, 0) is 6.18 Å². The molecule has 2 N–H and O–H groups in total. The lowest BCUT2D eigenvalue weighted by Crippen LogP contribution is -2.32. The van der Waals surface area contributed by atoms with Crippen molar-refractivity contribution in [2.45, 2.75) is 19.1 Å². The minimum absolute atomic E-state index is 0.0331. The molecule has 0 aliphatic rings. The average molecular weight is 322 g/mol. The molecule has 1 aromatic rings. The molecular weight excluding hydrogens is 305 g/mol. The van der Waals surface area contributed by atoms with Crippen LogP contribution in [0.4, 0.5) is 18.9 Å². The highest BCUT2D eigenvalue weighted by Gasteiger charge is 2.31. The van der Waals surface area contributed by atoms with E-state index in [4.69, 9.17) is 18.0 Å². The molecule has 0 amide bonds. The van der Waals surface area contributed by atoms with Crippen LogP contribution in [0.1, 0.15) is 18.1 Å². The van der Waals surface area contributed by atoms with Gasteiger partial charge in [-0.3, -0.25) is 0 Å². The molecule has 7 heteroatoms. The van der Waals surface area contributed by atoms with Gasteiger partial charge in [0.2, 0.25) is 0 Å². The fourth-order valence-electron chi connectivity index (χ4n) is 1.81. The topological polar surface area (TPSA) is 29.3 Å². The molecule has 20 heavy (non-hydrogen) atoms. The smallest absolute Gasteiger partial charge is 0.389 e. The fourth-order valence-corrected chi connectivity index (χ4v) is 2.68. The lowest BCUT2D eigenvalue weighted by molar-refractivity contribution is -0.137. The molecule has 0 saturated carbocycles. The van der Waals surface area contributed by atoms with E-state index in [1.54, 1.807) is 11.8 Å². The second-order valence-corrected chi connectivity index (χ2v) is 5.86. The van der Waals surface area contributed by atoms with Gasteiger partial charge in [0.25, 0.3) is 0 Å². The van der Waals surface area contributed by atoms with Crippen molar-refractivity contribution >= 4 is 34.7 Å². The summed E-state index contributed by atoms with van der Waals surface area (Å²) in [6.45, 7) is 2.00. The molecule has 2 nitrogen and oxygen atoms in total. The maximum absolute atomic E-state index is 12.7. The average Bonchev–Trinajstić information content (AvgIpc) is 2.36. The van der Waals surface area contributed by atoms with Gasteiger partial charge in [-0.2, -0.15) is 24.9 Å². The van der Waals surface area contributed by atoms with Crippen molar-refractivity contribution in [1.29, 1.82) is 0 Å². The number of hydrogen-bond acceptors (Lipinski definition) is 3. The van der Waals surface area contributed by atoms with Crippen molar-refractivity contribution in [2.75, 3.05) is 24.0 Å². The zero-order valence-electron chi connectivity index (χ0n) is 11.5. The number of hydrogen-bond donors (Lipinski definition) is 1. The molecule has 0 aliphatic heterocycles. The van der Waals surface area contributed by atoms with Crippen molar-refractivity contribution in [3.8, 4) is 0 Å². The lowest BCUT2D eigenvalue weighted by atomic mass is 10.1. The van der Waals surface area contributed by atoms with Crippen LogP contribution < -0.4 is 10.6 Å². The third-order valence-electron chi connectivity index (χ3n) is 3.04. The van der Waals surface area contributed by atoms with E-state index >= 15 is 0 Å². The lowest BCUT2D eigenvalue weighted by Gasteiger charge is -2.29. The monoisotopic (exact) mass is 322 g/mol. The molecule has 0 spiro atoms. The van der Waals surface area contributed by atoms with Crippen molar-refractivity contribution in [3.05, 3.63) is 29.3 Å². The Kier molecular flexibility index (Phi) is 5.70. The number of anilines is 1. The molecule has 1 aromatic carbocycles. The maximum Gasteiger partial charge on any atom is 0.416 e. The number of halogens is 3. The van der Waals surface area contributed by atoms with Gasteiger partial charge in [-0.15, -0.1) is 0 Å². The van der Waals surface area contributed by atoms with Crippen molar-refractivity contribution in [3.63, 3.8) is 0 Å². The summed E-state index contributed by atoms with van der Waals surface area (Å²) in [6, 6.07) is 3.66. The molecule has 1 unspecified atom stereocenters. The van der Waals surface area contributed by atoms with Gasteiger partial charge < -0.3 is 10.6 Å². The third kappa shape index (κ3) is 4.02. The number of alkyl halides is 3. The van der Waals surface area contributed by atoms with Crippen LogP contribution in [-0.4, -0.2) is 30.1 Å². The third-order valence-corrected chi connectivity index (χ3v) is 4.07. The molecule has 0 saturated heterocycles. The second kappa shape index (κ2) is 6.67. The first kappa shape index (κ1) is 17.1. The summed E-state index contributed by atoms with van der Waals surface area (Å²) in [5.74, 6) is 0.855. The highest BCUT2D eigenvalue weighted by molar-refractivity contribution is 7.98. The summed E-state index contributed by atoms with van der Waals surface area (Å²) in [5, 5.41) is 0. The number of thiocarbonyl (C=S) groups is 1. The second-order valence-electron chi connectivity index (χ2n) is 4.51. The number of thioether (sulfide) groups is 1. The predicted octanol–water partition coefficient (Wildman–Crippen LogP) is 3.53. The van der Waals surface area contributed by atoms with Crippen molar-refractivity contribution in [2.24, 2.45) is 5.73 Å². The van der Waals surface area contributed by atoms with Crippen molar-refractivity contribution in [1.82, 2.24) is 0 Å². The molecular formula is C13H17F3N2S2. The van der Waals surface area contributed by atoms with Gasteiger partial charge >= 0.3 is 6.18 Å². The van der Waals surface area contributed by atoms with Gasteiger partial charge in [0, 0.05) is 30.1 Å². The van der Waals surface area contributed by atoms with E-state index in [0.29, 0.717) is 5.69 Å². The van der Waals surface area contributed by atoms with E-state index in [1.165, 1.54) is 6.07 Å². The van der Waals surface area contributed by atoms with Crippen LogP contribution in [0, 0.1) is 0 Å². The highest BCUT2D eigenvalue weighted by atomic mass is 32.2. The van der Waals surface area contributed by atoms with Crippen LogP contribution in [0.3, 0.4) is 0 Å². The molecule has 1 rings (SSSR count). The van der Waals surface area contributed by atoms with Gasteiger partial charge in [0.1, 0.15) is 4.99 Å². The zero-order chi connectivity index (χ0) is 15.5. The van der Waals surface area contributed by atoms with E-state index in [9.17, 15) is 13.2 Å². The largest absolute Gasteiger partial charge is 0.416 e. The highest BCUT2D eigenvalue weighted by Crippen LogP contribution is 2.33. The summed E-state index contributed by atoms with van der Waals surface area (Å²) >= 11 is 6.55. The first-order chi connectivity index (χ1) is 9.18. The van der Waals surface area contributed by atoms with Crippen LogP contribution in [0.25, 0.3) is 0 Å². The van der Waals surface area contributed by atoms with Crippen molar-refractivity contribution < 1.29 is 13.2 Å². The van der Waals surface area contributed by atoms with E-state index in [-0.39, 0.29) is 16.6 Å². The SMILES string of the molecule is CSCC(C)N(C)c1ccc(C(F)(F)F)cc1C(N)=S. The molecule has 112 valence electrons. The van der Waals surface area contributed by atoms with Gasteiger partial charge in [-0.25, -0.2) is 0 Å². The summed E-state index contributed by atoms with van der Waals surface area (Å²) in [6.07, 6.45) is -2.42. The van der Waals surface area contributed by atoms with E-state index < -0.39 is 11.7 Å². The summed E-state index contributed by atoms with van der Waals surface area (Å²) in [5.41, 5.74) is 5.70. The Bertz CT molecular complexity index is 489. The van der Waals surface area contributed by atoms with Crippen LogP contribution in [0.2, 0.25) is 0 Å². The summed E-state index contributed by atoms with van der Waals surface area (Å²) in [4.78, 5) is 1.86. The van der Waals surface area contributed by atoms with Gasteiger partial charge in [0.15, 0.2) is 0 Å². The van der Waals surface area contributed by atoms with Gasteiger partial charge in [-0.1, -0.05) is 12.2 Å². The van der Waals surface area contributed by atoms with E-state index in [0.717, 1.165) is 17.9 Å². The zero-order valence-corrected chi connectivity index (χ0v) is 13.1. The van der Waals surface area contributed by atoms with E-state index in [2.05, 4.69) is 0 Å². The summed E-state index contributed by atoms with van der Waals surface area (Å²) in [7, 11) is 1.82. The Morgan fingerprint density at radius 1 is 1.45 bits per heavy atom. The molecule has 0 radical (unpaired) electrons. The standard InChI is InChI=1S/C13H17F3N2S2/c1-8(7-20-3)18(2)11-5-4-9(13(14,15)16)6-10(11)12(17)19/h4-6,8H,7H2,1-3H3,(H2,17,19). The molecule has 0 fully saturated rings. The first-order valence-corrected chi connectivity index (χ1v) is 7.71. The number of nitrogens with zero attached hydrogens (tertiary/aromatic N) is 1. The quantitative estimate of drug-likeness (QED) is 0.840. The number of benzene rings is 1. The molecule has 1 atom stereocenters. The Hall–Kier alpha value is -0.950. The van der Waals surface area contributed by atoms with Gasteiger partial charge in [-0.05, 0) is 31.4 Å². The van der Waals surface area contributed by atoms with Gasteiger partial charge in [0.05, 0.1) is 5.56 Å². The normalized spacial score (nSPS) is 13.1. The Morgan fingerprint density at radius 2 is 2.05 bits per heavy atom. The molecule has 0 aromatic heterocycles. The first-order valence-electron chi connectivity index (χ1n) is 5.91. The molecule has 0 heterocycles. The maximum atomic E-state index is 12.7. The van der Waals surface area contributed by atoms with Crippen LogP contribution in [0.15, 0.2) is 18.2 Å². The Labute approximate surface area is 126 Å². The minimum Gasteiger partial charge on any atom is -0.389 e. The number of nitrogens with two attached hydrogens (primary N) is 1. The minimum atomic E-state index is -4.40. The Balaban J connectivity index is 3.24. The summed E-state index contributed by atoms with van der Waals surface area (Å²) < 4.78 is 38.2. The fraction of sp³-hybridized carbons (Fsp3) is 0.462.